The number of aliphatic hydroxyl groups is 1. The minimum atomic E-state index is 0.118. The van der Waals surface area contributed by atoms with E-state index in [2.05, 4.69) is 24.4 Å². The summed E-state index contributed by atoms with van der Waals surface area (Å²) in [5, 5.41) is 21.1. The minimum absolute atomic E-state index is 0.118. The number of hydrogen-bond donors (Lipinski definition) is 3. The molecule has 0 saturated heterocycles. The van der Waals surface area contributed by atoms with Crippen LogP contribution in [0, 0.1) is 6.92 Å². The summed E-state index contributed by atoms with van der Waals surface area (Å²) in [5.41, 5.74) is 1.75. The monoisotopic (exact) mass is 355 g/mol. The Bertz CT molecular complexity index is 580. The topological polar surface area (TPSA) is 52.5 Å². The molecule has 0 aliphatic carbocycles. The largest absolute Gasteiger partial charge is 0.507 e. The molecule has 0 aliphatic rings. The average molecular weight is 356 g/mol. The van der Waals surface area contributed by atoms with Gasteiger partial charge in [-0.25, -0.2) is 0 Å². The Labute approximate surface area is 158 Å². The molecule has 2 aromatic rings. The first-order valence-electron chi connectivity index (χ1n) is 9.04. The predicted molar refractivity (Wildman–Crippen MR) is 112 cm³/mol. The predicted octanol–water partition coefficient (Wildman–Crippen LogP) is 5.00. The van der Waals surface area contributed by atoms with Gasteiger partial charge in [0, 0.05) is 18.7 Å². The number of para-hydroxylation sites is 1. The van der Waals surface area contributed by atoms with Gasteiger partial charge in [0.1, 0.15) is 5.75 Å². The van der Waals surface area contributed by atoms with Gasteiger partial charge in [-0.05, 0) is 25.8 Å². The quantitative estimate of drug-likeness (QED) is 0.505. The lowest BCUT2D eigenvalue weighted by Gasteiger charge is -2.07. The maximum atomic E-state index is 9.59. The van der Waals surface area contributed by atoms with Crippen molar-refractivity contribution in [2.45, 2.75) is 33.7 Å². The third kappa shape index (κ3) is 13.0. The Morgan fingerprint density at radius 3 is 2.08 bits per heavy atom. The zero-order valence-electron chi connectivity index (χ0n) is 16.2. The van der Waals surface area contributed by atoms with E-state index in [0.717, 1.165) is 17.5 Å². The van der Waals surface area contributed by atoms with Gasteiger partial charge in [0.05, 0.1) is 6.61 Å². The normalized spacial score (nSPS) is 10.2. The Hall–Kier alpha value is -2.36. The van der Waals surface area contributed by atoms with Crippen LogP contribution in [-0.4, -0.2) is 23.4 Å². The van der Waals surface area contributed by atoms with Crippen molar-refractivity contribution in [2.24, 2.45) is 0 Å². The fourth-order valence-electron chi connectivity index (χ4n) is 1.88. The summed E-state index contributed by atoms with van der Waals surface area (Å²) in [6.45, 7) is 7.26. The number of allylic oxidation sites excluding steroid dienone is 4. The maximum Gasteiger partial charge on any atom is 0.122 e. The first kappa shape index (κ1) is 23.6. The summed E-state index contributed by atoms with van der Waals surface area (Å²) in [6.07, 6.45) is 9.36. The fraction of sp³-hybridized carbons (Fsp3) is 0.304. The Kier molecular flexibility index (Phi) is 15.9. The Morgan fingerprint density at radius 1 is 0.962 bits per heavy atom. The number of rotatable bonds is 6. The second-order valence-corrected chi connectivity index (χ2v) is 5.50. The summed E-state index contributed by atoms with van der Waals surface area (Å²) >= 11 is 0. The van der Waals surface area contributed by atoms with Crippen LogP contribution < -0.4 is 5.32 Å². The number of hydrogen-bond acceptors (Lipinski definition) is 3. The van der Waals surface area contributed by atoms with Crippen molar-refractivity contribution >= 4 is 0 Å². The highest BCUT2D eigenvalue weighted by Crippen LogP contribution is 2.20. The first-order valence-corrected chi connectivity index (χ1v) is 9.04. The Morgan fingerprint density at radius 2 is 1.58 bits per heavy atom. The number of benzene rings is 2. The van der Waals surface area contributed by atoms with Gasteiger partial charge in [-0.3, -0.25) is 0 Å². The van der Waals surface area contributed by atoms with Crippen LogP contribution in [-0.2, 0) is 6.54 Å². The van der Waals surface area contributed by atoms with Crippen LogP contribution in [0.2, 0.25) is 0 Å². The van der Waals surface area contributed by atoms with E-state index >= 15 is 0 Å². The molecule has 0 spiro atoms. The number of aryl methyl sites for hydroxylation is 1. The van der Waals surface area contributed by atoms with Gasteiger partial charge in [-0.1, -0.05) is 85.8 Å². The average Bonchev–Trinajstić information content (AvgIpc) is 2.68. The van der Waals surface area contributed by atoms with E-state index in [0.29, 0.717) is 18.8 Å². The van der Waals surface area contributed by atoms with E-state index in [4.69, 9.17) is 5.11 Å². The smallest absolute Gasteiger partial charge is 0.122 e. The van der Waals surface area contributed by atoms with Crippen molar-refractivity contribution in [3.05, 3.63) is 90.0 Å². The standard InChI is InChI=1S/C10H15NO2.C7H12.C6H6/c1-8-3-2-4-9(10(8)13)7-11-5-6-12;1-3-5-7-6-4-2;1-2-4-6-5-3-1/h2-4,11-13H,5-7H2,1H3;3,5-7H,4H2,1-2H3;1-6H/b;5-3-,7-6-;. The lowest BCUT2D eigenvalue weighted by molar-refractivity contribution is 0.291. The zero-order valence-corrected chi connectivity index (χ0v) is 16.2. The molecule has 0 saturated carbocycles. The molecule has 3 heteroatoms. The highest BCUT2D eigenvalue weighted by molar-refractivity contribution is 5.39. The van der Waals surface area contributed by atoms with Gasteiger partial charge >= 0.3 is 0 Å². The molecule has 0 unspecified atom stereocenters. The molecule has 142 valence electrons. The summed E-state index contributed by atoms with van der Waals surface area (Å²) in [4.78, 5) is 0. The SMILES string of the molecule is C/C=C\C=C/CC.Cc1cccc(CNCCO)c1O.c1ccccc1. The van der Waals surface area contributed by atoms with E-state index in [1.54, 1.807) is 0 Å². The van der Waals surface area contributed by atoms with Crippen molar-refractivity contribution in [2.75, 3.05) is 13.2 Å². The van der Waals surface area contributed by atoms with Crippen molar-refractivity contribution in [3.8, 4) is 5.75 Å². The van der Waals surface area contributed by atoms with Crippen LogP contribution in [0.5, 0.6) is 5.75 Å². The third-order valence-electron chi connectivity index (χ3n) is 3.27. The molecular formula is C23H33NO2. The van der Waals surface area contributed by atoms with Crippen LogP contribution in [0.4, 0.5) is 0 Å². The lowest BCUT2D eigenvalue weighted by atomic mass is 10.1. The number of phenols is 1. The molecule has 2 aromatic carbocycles. The second-order valence-electron chi connectivity index (χ2n) is 5.50. The van der Waals surface area contributed by atoms with Crippen molar-refractivity contribution in [3.63, 3.8) is 0 Å². The highest BCUT2D eigenvalue weighted by atomic mass is 16.3. The lowest BCUT2D eigenvalue weighted by Crippen LogP contribution is -2.17. The molecule has 0 atom stereocenters. The van der Waals surface area contributed by atoms with Crippen molar-refractivity contribution in [1.29, 1.82) is 0 Å². The second kappa shape index (κ2) is 17.5. The maximum absolute atomic E-state index is 9.59. The van der Waals surface area contributed by atoms with Gasteiger partial charge in [0.2, 0.25) is 0 Å². The van der Waals surface area contributed by atoms with Crippen molar-refractivity contribution in [1.82, 2.24) is 5.32 Å². The summed E-state index contributed by atoms with van der Waals surface area (Å²) in [6, 6.07) is 17.6. The molecule has 3 N–H and O–H groups in total. The van der Waals surface area contributed by atoms with E-state index in [9.17, 15) is 5.11 Å². The summed E-state index contributed by atoms with van der Waals surface area (Å²) < 4.78 is 0. The van der Waals surface area contributed by atoms with Crippen LogP contribution in [0.3, 0.4) is 0 Å². The number of phenolic OH excluding ortho intramolecular Hbond substituents is 1. The van der Waals surface area contributed by atoms with Crippen LogP contribution in [0.15, 0.2) is 78.9 Å². The Balaban J connectivity index is 0.000000404. The van der Waals surface area contributed by atoms with Gasteiger partial charge in [-0.2, -0.15) is 0 Å². The van der Waals surface area contributed by atoms with E-state index in [-0.39, 0.29) is 6.61 Å². The van der Waals surface area contributed by atoms with E-state index in [1.807, 2.05) is 80.6 Å². The molecule has 0 aromatic heterocycles. The first-order chi connectivity index (χ1) is 12.7. The molecule has 0 aliphatic heterocycles. The van der Waals surface area contributed by atoms with E-state index < -0.39 is 0 Å². The molecule has 0 fully saturated rings. The molecule has 0 bridgehead atoms. The van der Waals surface area contributed by atoms with Gasteiger partial charge in [-0.15, -0.1) is 0 Å². The molecule has 2 rings (SSSR count). The molecule has 0 radical (unpaired) electrons. The van der Waals surface area contributed by atoms with Gasteiger partial charge in [0.15, 0.2) is 0 Å². The van der Waals surface area contributed by atoms with E-state index in [1.165, 1.54) is 0 Å². The van der Waals surface area contributed by atoms with Crippen LogP contribution >= 0.6 is 0 Å². The molecule has 26 heavy (non-hydrogen) atoms. The summed E-state index contributed by atoms with van der Waals surface area (Å²) in [5.74, 6) is 0.341. The fourth-order valence-corrected chi connectivity index (χ4v) is 1.88. The number of aromatic hydroxyl groups is 1. The van der Waals surface area contributed by atoms with Gasteiger partial charge < -0.3 is 15.5 Å². The van der Waals surface area contributed by atoms with Crippen LogP contribution in [0.25, 0.3) is 0 Å². The molecule has 0 heterocycles. The highest BCUT2D eigenvalue weighted by Gasteiger charge is 2.01. The summed E-state index contributed by atoms with van der Waals surface area (Å²) in [7, 11) is 0. The number of nitrogens with one attached hydrogen (secondary N) is 1. The van der Waals surface area contributed by atoms with Gasteiger partial charge in [0.25, 0.3) is 0 Å². The zero-order chi connectivity index (χ0) is 19.5. The molecule has 3 nitrogen and oxygen atoms in total. The van der Waals surface area contributed by atoms with Crippen LogP contribution in [0.1, 0.15) is 31.4 Å². The minimum Gasteiger partial charge on any atom is -0.507 e. The number of aliphatic hydroxyl groups excluding tert-OH is 1. The molecular weight excluding hydrogens is 322 g/mol. The third-order valence-corrected chi connectivity index (χ3v) is 3.27. The van der Waals surface area contributed by atoms with Crippen molar-refractivity contribution < 1.29 is 10.2 Å². The molecule has 0 amide bonds.